The minimum absolute atomic E-state index is 0.0661. The smallest absolute Gasteiger partial charge is 0.246 e. The van der Waals surface area contributed by atoms with Crippen molar-refractivity contribution >= 4 is 12.0 Å². The van der Waals surface area contributed by atoms with Gasteiger partial charge in [-0.15, -0.1) is 0 Å². The quantitative estimate of drug-likeness (QED) is 0.824. The average Bonchev–Trinajstić information content (AvgIpc) is 2.36. The lowest BCUT2D eigenvalue weighted by atomic mass is 9.99. The standard InChI is InChI=1S/C14H18FN3O/c1-10-6-13(16)4-5-18(10)14(19)3-2-11-7-12(15)9-17-8-11/h2-3,7-10,13H,4-6,16H2,1H3/b3-2+. The summed E-state index contributed by atoms with van der Waals surface area (Å²) in [5.41, 5.74) is 6.44. The highest BCUT2D eigenvalue weighted by atomic mass is 19.1. The lowest BCUT2D eigenvalue weighted by Crippen LogP contribution is -2.47. The van der Waals surface area contributed by atoms with Gasteiger partial charge in [-0.05, 0) is 37.5 Å². The first kappa shape index (κ1) is 13.7. The van der Waals surface area contributed by atoms with E-state index in [1.165, 1.54) is 18.3 Å². The van der Waals surface area contributed by atoms with E-state index in [0.717, 1.165) is 19.0 Å². The summed E-state index contributed by atoms with van der Waals surface area (Å²) in [7, 11) is 0. The van der Waals surface area contributed by atoms with Crippen molar-refractivity contribution in [2.45, 2.75) is 31.8 Å². The lowest BCUT2D eigenvalue weighted by Gasteiger charge is -2.35. The van der Waals surface area contributed by atoms with Crippen molar-refractivity contribution in [3.63, 3.8) is 0 Å². The molecule has 0 bridgehead atoms. The van der Waals surface area contributed by atoms with E-state index < -0.39 is 5.82 Å². The molecule has 2 heterocycles. The van der Waals surface area contributed by atoms with Crippen molar-refractivity contribution in [3.8, 4) is 0 Å². The Kier molecular flexibility index (Phi) is 4.27. The van der Waals surface area contributed by atoms with E-state index in [2.05, 4.69) is 4.98 Å². The second kappa shape index (κ2) is 5.93. The maximum absolute atomic E-state index is 12.9. The Balaban J connectivity index is 2.01. The molecule has 1 aliphatic heterocycles. The van der Waals surface area contributed by atoms with Crippen LogP contribution in [0.5, 0.6) is 0 Å². The zero-order valence-corrected chi connectivity index (χ0v) is 10.9. The topological polar surface area (TPSA) is 59.2 Å². The number of hydrogen-bond acceptors (Lipinski definition) is 3. The Morgan fingerprint density at radius 2 is 2.37 bits per heavy atom. The van der Waals surface area contributed by atoms with Crippen LogP contribution in [0, 0.1) is 5.82 Å². The van der Waals surface area contributed by atoms with E-state index >= 15 is 0 Å². The predicted molar refractivity (Wildman–Crippen MR) is 71.6 cm³/mol. The first-order valence-electron chi connectivity index (χ1n) is 6.41. The molecule has 1 amide bonds. The third kappa shape index (κ3) is 3.61. The summed E-state index contributed by atoms with van der Waals surface area (Å²) < 4.78 is 12.9. The van der Waals surface area contributed by atoms with Crippen LogP contribution < -0.4 is 5.73 Å². The van der Waals surface area contributed by atoms with E-state index in [1.807, 2.05) is 6.92 Å². The van der Waals surface area contributed by atoms with Gasteiger partial charge in [-0.25, -0.2) is 4.39 Å². The summed E-state index contributed by atoms with van der Waals surface area (Å²) in [6.07, 6.45) is 7.34. The second-order valence-electron chi connectivity index (χ2n) is 4.93. The van der Waals surface area contributed by atoms with Gasteiger partial charge in [0.15, 0.2) is 0 Å². The van der Waals surface area contributed by atoms with Gasteiger partial charge in [-0.2, -0.15) is 0 Å². The Bertz CT molecular complexity index is 489. The highest BCUT2D eigenvalue weighted by Crippen LogP contribution is 2.16. The number of nitrogens with zero attached hydrogens (tertiary/aromatic N) is 2. The van der Waals surface area contributed by atoms with Crippen LogP contribution in [0.1, 0.15) is 25.3 Å². The molecule has 0 aliphatic carbocycles. The second-order valence-corrected chi connectivity index (χ2v) is 4.93. The number of nitrogens with two attached hydrogens (primary N) is 1. The van der Waals surface area contributed by atoms with Crippen molar-refractivity contribution in [1.29, 1.82) is 0 Å². The lowest BCUT2D eigenvalue weighted by molar-refractivity contribution is -0.129. The van der Waals surface area contributed by atoms with Gasteiger partial charge in [0.1, 0.15) is 5.82 Å². The van der Waals surface area contributed by atoms with E-state index in [-0.39, 0.29) is 18.0 Å². The largest absolute Gasteiger partial charge is 0.336 e. The molecule has 1 saturated heterocycles. The van der Waals surface area contributed by atoms with Crippen LogP contribution in [0.15, 0.2) is 24.5 Å². The summed E-state index contributed by atoms with van der Waals surface area (Å²) >= 11 is 0. The molecule has 2 unspecified atom stereocenters. The molecular weight excluding hydrogens is 245 g/mol. The molecule has 0 radical (unpaired) electrons. The maximum atomic E-state index is 12.9. The van der Waals surface area contributed by atoms with Gasteiger partial charge >= 0.3 is 0 Å². The molecule has 19 heavy (non-hydrogen) atoms. The first-order valence-corrected chi connectivity index (χ1v) is 6.41. The molecule has 2 N–H and O–H groups in total. The minimum Gasteiger partial charge on any atom is -0.336 e. The van der Waals surface area contributed by atoms with Crippen LogP contribution in [0.4, 0.5) is 4.39 Å². The fourth-order valence-electron chi connectivity index (χ4n) is 2.32. The molecule has 0 saturated carbocycles. The number of rotatable bonds is 2. The van der Waals surface area contributed by atoms with E-state index in [1.54, 1.807) is 11.0 Å². The summed E-state index contributed by atoms with van der Waals surface area (Å²) in [5, 5.41) is 0. The van der Waals surface area contributed by atoms with Gasteiger partial charge < -0.3 is 10.6 Å². The predicted octanol–water partition coefficient (Wildman–Crippen LogP) is 1.57. The van der Waals surface area contributed by atoms with Gasteiger partial charge in [-0.1, -0.05) is 0 Å². The molecule has 0 spiro atoms. The molecule has 1 aromatic heterocycles. The molecule has 0 aromatic carbocycles. The Labute approximate surface area is 112 Å². The van der Waals surface area contributed by atoms with Crippen molar-refractivity contribution in [3.05, 3.63) is 35.9 Å². The van der Waals surface area contributed by atoms with Gasteiger partial charge in [0.05, 0.1) is 6.20 Å². The van der Waals surface area contributed by atoms with Crippen molar-refractivity contribution in [2.75, 3.05) is 6.54 Å². The maximum Gasteiger partial charge on any atom is 0.246 e. The molecule has 1 aromatic rings. The molecule has 102 valence electrons. The van der Waals surface area contributed by atoms with Crippen LogP contribution in [0.2, 0.25) is 0 Å². The first-order chi connectivity index (χ1) is 9.06. The summed E-state index contributed by atoms with van der Waals surface area (Å²) in [5.74, 6) is -0.476. The molecule has 4 nitrogen and oxygen atoms in total. The number of carbonyl (C=O) groups is 1. The molecule has 2 atom stereocenters. The van der Waals surface area contributed by atoms with Crippen molar-refractivity contribution < 1.29 is 9.18 Å². The third-order valence-corrected chi connectivity index (χ3v) is 3.34. The van der Waals surface area contributed by atoms with Crippen LogP contribution >= 0.6 is 0 Å². The van der Waals surface area contributed by atoms with Crippen LogP contribution in [-0.4, -0.2) is 34.4 Å². The van der Waals surface area contributed by atoms with Crippen LogP contribution in [0.3, 0.4) is 0 Å². The van der Waals surface area contributed by atoms with E-state index in [4.69, 9.17) is 5.73 Å². The number of piperidine rings is 1. The molecule has 1 fully saturated rings. The number of carbonyl (C=O) groups excluding carboxylic acids is 1. The molecule has 1 aliphatic rings. The zero-order valence-electron chi connectivity index (χ0n) is 10.9. The number of halogens is 1. The highest BCUT2D eigenvalue weighted by molar-refractivity contribution is 5.92. The van der Waals surface area contributed by atoms with Crippen molar-refractivity contribution in [1.82, 2.24) is 9.88 Å². The Morgan fingerprint density at radius 1 is 1.58 bits per heavy atom. The fraction of sp³-hybridized carbons (Fsp3) is 0.429. The number of pyridine rings is 1. The Hall–Kier alpha value is -1.75. The SMILES string of the molecule is CC1CC(N)CCN1C(=O)/C=C/c1cncc(F)c1. The number of hydrogen-bond donors (Lipinski definition) is 1. The Morgan fingerprint density at radius 3 is 3.05 bits per heavy atom. The average molecular weight is 263 g/mol. The monoisotopic (exact) mass is 263 g/mol. The molecule has 2 rings (SSSR count). The number of likely N-dealkylation sites (tertiary alicyclic amines) is 1. The molecular formula is C14H18FN3O. The van der Waals surface area contributed by atoms with Gasteiger partial charge in [0.2, 0.25) is 5.91 Å². The van der Waals surface area contributed by atoms with Crippen molar-refractivity contribution in [2.24, 2.45) is 5.73 Å². The normalized spacial score (nSPS) is 23.8. The number of aromatic nitrogens is 1. The van der Waals surface area contributed by atoms with E-state index in [9.17, 15) is 9.18 Å². The van der Waals surface area contributed by atoms with Crippen LogP contribution in [0.25, 0.3) is 6.08 Å². The van der Waals surface area contributed by atoms with Crippen LogP contribution in [-0.2, 0) is 4.79 Å². The molecule has 5 heteroatoms. The van der Waals surface area contributed by atoms with Gasteiger partial charge in [-0.3, -0.25) is 9.78 Å². The fourth-order valence-corrected chi connectivity index (χ4v) is 2.32. The highest BCUT2D eigenvalue weighted by Gasteiger charge is 2.25. The number of amides is 1. The summed E-state index contributed by atoms with van der Waals surface area (Å²) in [4.78, 5) is 17.6. The zero-order chi connectivity index (χ0) is 13.8. The third-order valence-electron chi connectivity index (χ3n) is 3.34. The van der Waals surface area contributed by atoms with Gasteiger partial charge in [0.25, 0.3) is 0 Å². The summed E-state index contributed by atoms with van der Waals surface area (Å²) in [6.45, 7) is 2.67. The van der Waals surface area contributed by atoms with E-state index in [0.29, 0.717) is 12.1 Å². The van der Waals surface area contributed by atoms with Gasteiger partial charge in [0, 0.05) is 30.9 Å². The summed E-state index contributed by atoms with van der Waals surface area (Å²) in [6, 6.07) is 1.66. The minimum atomic E-state index is -0.410.